The number of hydrogen-bond acceptors (Lipinski definition) is 4. The monoisotopic (exact) mass is 395 g/mol. The zero-order valence-electron chi connectivity index (χ0n) is 16.6. The van der Waals surface area contributed by atoms with Gasteiger partial charge in [-0.1, -0.05) is 18.2 Å². The highest BCUT2D eigenvalue weighted by molar-refractivity contribution is 7.86. The molecule has 2 aliphatic heterocycles. The van der Waals surface area contributed by atoms with Crippen LogP contribution in [-0.4, -0.2) is 75.4 Å². The smallest absolute Gasteiger partial charge is 0.281 e. The molecule has 1 atom stereocenters. The molecule has 2 saturated heterocycles. The number of piperidine rings is 1. The Morgan fingerprint density at radius 2 is 1.89 bits per heavy atom. The summed E-state index contributed by atoms with van der Waals surface area (Å²) in [7, 11) is 0.164. The summed E-state index contributed by atoms with van der Waals surface area (Å²) in [5, 5.41) is 0. The molecule has 0 N–H and O–H groups in total. The topological polar surface area (TPSA) is 53.1 Å². The predicted molar refractivity (Wildman–Crippen MR) is 108 cm³/mol. The lowest BCUT2D eigenvalue weighted by molar-refractivity contribution is 0.161. The van der Waals surface area contributed by atoms with Crippen molar-refractivity contribution in [2.75, 3.05) is 53.4 Å². The van der Waals surface area contributed by atoms with Crippen LogP contribution in [0.4, 0.5) is 0 Å². The molecule has 0 aliphatic carbocycles. The lowest BCUT2D eigenvalue weighted by Gasteiger charge is -2.35. The van der Waals surface area contributed by atoms with Crippen LogP contribution in [0.5, 0.6) is 5.75 Å². The highest BCUT2D eigenvalue weighted by Crippen LogP contribution is 2.23. The molecule has 7 heteroatoms. The van der Waals surface area contributed by atoms with E-state index in [1.807, 2.05) is 12.1 Å². The molecule has 0 unspecified atom stereocenters. The fourth-order valence-corrected chi connectivity index (χ4v) is 5.78. The summed E-state index contributed by atoms with van der Waals surface area (Å²) < 4.78 is 34.0. The number of nitrogens with zero attached hydrogens (tertiary/aromatic N) is 3. The minimum Gasteiger partial charge on any atom is -0.496 e. The van der Waals surface area contributed by atoms with E-state index in [4.69, 9.17) is 4.74 Å². The maximum atomic E-state index is 12.7. The first-order valence-electron chi connectivity index (χ1n) is 10.1. The lowest BCUT2D eigenvalue weighted by atomic mass is 9.97. The van der Waals surface area contributed by atoms with Crippen LogP contribution < -0.4 is 4.74 Å². The Kier molecular flexibility index (Phi) is 7.14. The largest absolute Gasteiger partial charge is 0.496 e. The number of rotatable bonds is 8. The average molecular weight is 396 g/mol. The van der Waals surface area contributed by atoms with Crippen molar-refractivity contribution in [3.05, 3.63) is 29.8 Å². The van der Waals surface area contributed by atoms with Gasteiger partial charge >= 0.3 is 0 Å². The number of methoxy groups -OCH3 is 1. The Balaban J connectivity index is 1.51. The van der Waals surface area contributed by atoms with Crippen molar-refractivity contribution in [1.82, 2.24) is 13.5 Å². The minimum atomic E-state index is -3.29. The molecule has 0 spiro atoms. The van der Waals surface area contributed by atoms with E-state index >= 15 is 0 Å². The van der Waals surface area contributed by atoms with Crippen molar-refractivity contribution in [1.29, 1.82) is 0 Å². The van der Waals surface area contributed by atoms with E-state index in [9.17, 15) is 8.42 Å². The number of likely N-dealkylation sites (tertiary alicyclic amines) is 1. The van der Waals surface area contributed by atoms with Crippen LogP contribution in [0.3, 0.4) is 0 Å². The highest BCUT2D eigenvalue weighted by atomic mass is 32.2. The molecule has 2 aliphatic rings. The minimum absolute atomic E-state index is 0.402. The summed E-state index contributed by atoms with van der Waals surface area (Å²) in [5.74, 6) is 1.35. The number of para-hydroxylation sites is 1. The Bertz CT molecular complexity index is 704. The molecule has 2 heterocycles. The van der Waals surface area contributed by atoms with Crippen molar-refractivity contribution >= 4 is 10.2 Å². The summed E-state index contributed by atoms with van der Waals surface area (Å²) in [6.45, 7) is 5.00. The molecular weight excluding hydrogens is 362 g/mol. The third kappa shape index (κ3) is 5.22. The normalized spacial score (nSPS) is 22.4. The summed E-state index contributed by atoms with van der Waals surface area (Å²) in [6, 6.07) is 8.17. The van der Waals surface area contributed by atoms with E-state index in [1.54, 1.807) is 22.8 Å². The van der Waals surface area contributed by atoms with Crippen LogP contribution in [0.15, 0.2) is 24.3 Å². The summed E-state index contributed by atoms with van der Waals surface area (Å²) in [6.07, 6.45) is 5.15. The van der Waals surface area contributed by atoms with E-state index in [2.05, 4.69) is 17.0 Å². The first-order valence-corrected chi connectivity index (χ1v) is 11.5. The molecule has 0 radical (unpaired) electrons. The van der Waals surface area contributed by atoms with E-state index in [0.717, 1.165) is 57.5 Å². The van der Waals surface area contributed by atoms with Crippen molar-refractivity contribution in [2.45, 2.75) is 32.1 Å². The Morgan fingerprint density at radius 1 is 1.15 bits per heavy atom. The first-order chi connectivity index (χ1) is 13.0. The SMILES string of the molecule is COc1ccccc1CCN1CCC[C@H](CN(C)S(=O)(=O)N2CCCC2)C1. The Hall–Kier alpha value is -1.15. The average Bonchev–Trinajstić information content (AvgIpc) is 3.22. The van der Waals surface area contributed by atoms with Crippen LogP contribution in [0.2, 0.25) is 0 Å². The van der Waals surface area contributed by atoms with Crippen molar-refractivity contribution in [3.63, 3.8) is 0 Å². The Morgan fingerprint density at radius 3 is 2.63 bits per heavy atom. The van der Waals surface area contributed by atoms with Crippen molar-refractivity contribution in [3.8, 4) is 5.75 Å². The van der Waals surface area contributed by atoms with Crippen molar-refractivity contribution in [2.24, 2.45) is 5.92 Å². The lowest BCUT2D eigenvalue weighted by Crippen LogP contribution is -2.46. The quantitative estimate of drug-likeness (QED) is 0.677. The van der Waals surface area contributed by atoms with Gasteiger partial charge in [-0.25, -0.2) is 0 Å². The molecule has 0 saturated carbocycles. The zero-order valence-corrected chi connectivity index (χ0v) is 17.5. The van der Waals surface area contributed by atoms with Crippen LogP contribution >= 0.6 is 0 Å². The second-order valence-corrected chi connectivity index (χ2v) is 9.80. The summed E-state index contributed by atoms with van der Waals surface area (Å²) >= 11 is 0. The molecule has 6 nitrogen and oxygen atoms in total. The summed E-state index contributed by atoms with van der Waals surface area (Å²) in [4.78, 5) is 2.47. The van der Waals surface area contributed by atoms with E-state index < -0.39 is 10.2 Å². The van der Waals surface area contributed by atoms with Gasteiger partial charge in [-0.05, 0) is 56.2 Å². The van der Waals surface area contributed by atoms with Gasteiger partial charge in [-0.3, -0.25) is 0 Å². The molecule has 2 fully saturated rings. The second-order valence-electron chi connectivity index (χ2n) is 7.77. The van der Waals surface area contributed by atoms with Crippen LogP contribution in [0, 0.1) is 5.92 Å². The van der Waals surface area contributed by atoms with Gasteiger partial charge in [0.2, 0.25) is 0 Å². The van der Waals surface area contributed by atoms with E-state index in [1.165, 1.54) is 5.56 Å². The van der Waals surface area contributed by atoms with Crippen LogP contribution in [-0.2, 0) is 16.6 Å². The third-order valence-corrected chi connectivity index (χ3v) is 7.75. The second kappa shape index (κ2) is 9.37. The maximum absolute atomic E-state index is 12.7. The summed E-state index contributed by atoms with van der Waals surface area (Å²) in [5.41, 5.74) is 1.23. The molecule has 27 heavy (non-hydrogen) atoms. The fourth-order valence-electron chi connectivity index (χ4n) is 4.27. The van der Waals surface area contributed by atoms with Gasteiger partial charge in [0, 0.05) is 39.8 Å². The van der Waals surface area contributed by atoms with Gasteiger partial charge in [0.15, 0.2) is 0 Å². The first kappa shape index (κ1) is 20.6. The number of benzene rings is 1. The van der Waals surface area contributed by atoms with Crippen LogP contribution in [0.25, 0.3) is 0 Å². The Labute approximate surface area is 164 Å². The molecule has 0 bridgehead atoms. The van der Waals surface area contributed by atoms with Crippen LogP contribution in [0.1, 0.15) is 31.2 Å². The molecule has 1 aromatic rings. The molecule has 1 aromatic carbocycles. The molecule has 0 aromatic heterocycles. The molecule has 0 amide bonds. The fraction of sp³-hybridized carbons (Fsp3) is 0.700. The van der Waals surface area contributed by atoms with E-state index in [0.29, 0.717) is 25.6 Å². The van der Waals surface area contributed by atoms with Gasteiger partial charge in [0.05, 0.1) is 7.11 Å². The van der Waals surface area contributed by atoms with Gasteiger partial charge in [0.1, 0.15) is 5.75 Å². The standard InChI is InChI=1S/C20H33N3O3S/c1-21(27(24,25)23-13-5-6-14-23)16-18-8-7-12-22(17-18)15-11-19-9-3-4-10-20(19)26-2/h3-4,9-10,18H,5-8,11-17H2,1-2H3/t18-/m1/s1. The highest BCUT2D eigenvalue weighted by Gasteiger charge is 2.31. The molecular formula is C20H33N3O3S. The van der Waals surface area contributed by atoms with Gasteiger partial charge in [-0.2, -0.15) is 17.0 Å². The van der Waals surface area contributed by atoms with Gasteiger partial charge in [-0.15, -0.1) is 0 Å². The zero-order chi connectivity index (χ0) is 19.3. The molecule has 3 rings (SSSR count). The third-order valence-electron chi connectivity index (χ3n) is 5.79. The van der Waals surface area contributed by atoms with Gasteiger partial charge in [0.25, 0.3) is 10.2 Å². The van der Waals surface area contributed by atoms with E-state index in [-0.39, 0.29) is 0 Å². The number of ether oxygens (including phenoxy) is 1. The maximum Gasteiger partial charge on any atom is 0.281 e. The predicted octanol–water partition coefficient (Wildman–Crippen LogP) is 2.22. The van der Waals surface area contributed by atoms with Gasteiger partial charge < -0.3 is 9.64 Å². The van der Waals surface area contributed by atoms with Crippen molar-refractivity contribution < 1.29 is 13.2 Å². The molecule has 152 valence electrons. The number of hydrogen-bond donors (Lipinski definition) is 0.